The molecule has 0 aliphatic rings. The number of carbonyl (C=O) groups is 1. The minimum Gasteiger partial charge on any atom is -0.489 e. The second-order valence-corrected chi connectivity index (χ2v) is 7.01. The average molecular weight is 451 g/mol. The molecule has 3 aromatic carbocycles. The van der Waals surface area contributed by atoms with Crippen molar-refractivity contribution in [2.75, 3.05) is 5.32 Å². The Morgan fingerprint density at radius 2 is 1.83 bits per heavy atom. The number of hydrogen-bond donors (Lipinski definition) is 1. The Bertz CT molecular complexity index is 1070. The predicted molar refractivity (Wildman–Crippen MR) is 114 cm³/mol. The molecule has 1 amide bonds. The summed E-state index contributed by atoms with van der Waals surface area (Å²) in [6.45, 7) is 0.445. The first-order valence-corrected chi connectivity index (χ1v) is 9.49. The molecular weight excluding hydrogens is 435 g/mol. The molecule has 0 aliphatic carbocycles. The van der Waals surface area contributed by atoms with Gasteiger partial charge in [-0.3, -0.25) is 4.79 Å². The molecule has 0 unspecified atom stereocenters. The summed E-state index contributed by atoms with van der Waals surface area (Å²) in [5, 5.41) is 11.7. The molecule has 0 saturated carbocycles. The molecule has 0 atom stereocenters. The van der Waals surface area contributed by atoms with Crippen LogP contribution < -0.4 is 10.1 Å². The van der Waals surface area contributed by atoms with Crippen LogP contribution in [0.2, 0.25) is 0 Å². The molecule has 0 aromatic heterocycles. The maximum absolute atomic E-state index is 13.9. The van der Waals surface area contributed by atoms with E-state index >= 15 is 0 Å². The van der Waals surface area contributed by atoms with Gasteiger partial charge in [-0.05, 0) is 47.5 Å². The van der Waals surface area contributed by atoms with Crippen molar-refractivity contribution in [2.45, 2.75) is 6.61 Å². The Morgan fingerprint density at radius 3 is 2.48 bits per heavy atom. The summed E-state index contributed by atoms with van der Waals surface area (Å²) in [4.78, 5) is 12.3. The SMILES string of the molecule is N#CC(=Cc1ccc(OCc2ccccc2)cc1)C(=O)Nc1ccc(Br)cc1F. The summed E-state index contributed by atoms with van der Waals surface area (Å²) in [6, 6.07) is 22.9. The van der Waals surface area contributed by atoms with Gasteiger partial charge in [-0.25, -0.2) is 4.39 Å². The van der Waals surface area contributed by atoms with E-state index in [1.807, 2.05) is 36.4 Å². The summed E-state index contributed by atoms with van der Waals surface area (Å²) in [7, 11) is 0. The van der Waals surface area contributed by atoms with Gasteiger partial charge >= 0.3 is 0 Å². The van der Waals surface area contributed by atoms with Crippen molar-refractivity contribution in [3.05, 3.63) is 99.8 Å². The van der Waals surface area contributed by atoms with Gasteiger partial charge in [0, 0.05) is 4.47 Å². The highest BCUT2D eigenvalue weighted by atomic mass is 79.9. The van der Waals surface area contributed by atoms with Gasteiger partial charge in [-0.1, -0.05) is 58.4 Å². The van der Waals surface area contributed by atoms with Crippen molar-refractivity contribution < 1.29 is 13.9 Å². The van der Waals surface area contributed by atoms with Gasteiger partial charge in [0.15, 0.2) is 0 Å². The number of hydrogen-bond acceptors (Lipinski definition) is 3. The first-order chi connectivity index (χ1) is 14.0. The maximum Gasteiger partial charge on any atom is 0.266 e. The zero-order valence-electron chi connectivity index (χ0n) is 15.2. The lowest BCUT2D eigenvalue weighted by Crippen LogP contribution is -2.14. The topological polar surface area (TPSA) is 62.1 Å². The van der Waals surface area contributed by atoms with Gasteiger partial charge < -0.3 is 10.1 Å². The van der Waals surface area contributed by atoms with Crippen LogP contribution in [-0.2, 0) is 11.4 Å². The molecule has 4 nitrogen and oxygen atoms in total. The van der Waals surface area contributed by atoms with E-state index in [1.54, 1.807) is 30.3 Å². The van der Waals surface area contributed by atoms with Crippen LogP contribution in [0.4, 0.5) is 10.1 Å². The zero-order chi connectivity index (χ0) is 20.6. The maximum atomic E-state index is 13.9. The van der Waals surface area contributed by atoms with Crippen LogP contribution in [0.1, 0.15) is 11.1 Å². The van der Waals surface area contributed by atoms with Crippen LogP contribution in [0.25, 0.3) is 6.08 Å². The van der Waals surface area contributed by atoms with E-state index < -0.39 is 11.7 Å². The second kappa shape index (κ2) is 9.67. The monoisotopic (exact) mass is 450 g/mol. The van der Waals surface area contributed by atoms with E-state index in [4.69, 9.17) is 4.74 Å². The van der Waals surface area contributed by atoms with E-state index in [0.717, 1.165) is 5.56 Å². The van der Waals surface area contributed by atoms with E-state index in [0.29, 0.717) is 22.4 Å². The first-order valence-electron chi connectivity index (χ1n) is 8.70. The van der Waals surface area contributed by atoms with E-state index in [-0.39, 0.29) is 11.3 Å². The van der Waals surface area contributed by atoms with Crippen LogP contribution in [0, 0.1) is 17.1 Å². The fourth-order valence-corrected chi connectivity index (χ4v) is 2.83. The number of anilines is 1. The fourth-order valence-electron chi connectivity index (χ4n) is 2.50. The molecule has 0 radical (unpaired) electrons. The van der Waals surface area contributed by atoms with Gasteiger partial charge in [0.1, 0.15) is 29.8 Å². The molecule has 144 valence electrons. The molecule has 0 aliphatic heterocycles. The minimum atomic E-state index is -0.682. The molecule has 0 spiro atoms. The van der Waals surface area contributed by atoms with Gasteiger partial charge in [0.25, 0.3) is 5.91 Å². The van der Waals surface area contributed by atoms with E-state index in [1.165, 1.54) is 18.2 Å². The Hall–Kier alpha value is -3.43. The number of benzene rings is 3. The predicted octanol–water partition coefficient (Wildman–Crippen LogP) is 5.71. The third-order valence-corrected chi connectivity index (χ3v) is 4.48. The number of amides is 1. The normalized spacial score (nSPS) is 10.9. The fraction of sp³-hybridized carbons (Fsp3) is 0.0435. The van der Waals surface area contributed by atoms with Crippen molar-refractivity contribution in [3.8, 4) is 11.8 Å². The van der Waals surface area contributed by atoms with Gasteiger partial charge in [0.2, 0.25) is 0 Å². The quantitative estimate of drug-likeness (QED) is 0.386. The van der Waals surface area contributed by atoms with Crippen LogP contribution in [0.5, 0.6) is 5.75 Å². The van der Waals surface area contributed by atoms with Gasteiger partial charge in [0.05, 0.1) is 5.69 Å². The molecule has 3 rings (SSSR count). The van der Waals surface area contributed by atoms with Crippen LogP contribution in [-0.4, -0.2) is 5.91 Å². The van der Waals surface area contributed by atoms with Crippen molar-refractivity contribution in [1.82, 2.24) is 0 Å². The molecule has 6 heteroatoms. The summed E-state index contributed by atoms with van der Waals surface area (Å²) >= 11 is 3.15. The lowest BCUT2D eigenvalue weighted by molar-refractivity contribution is -0.112. The van der Waals surface area contributed by atoms with E-state index in [9.17, 15) is 14.4 Å². The largest absolute Gasteiger partial charge is 0.489 e. The van der Waals surface area contributed by atoms with Crippen LogP contribution in [0.3, 0.4) is 0 Å². The average Bonchev–Trinajstić information content (AvgIpc) is 2.74. The number of halogens is 2. The molecule has 0 bridgehead atoms. The number of carbonyl (C=O) groups excluding carboxylic acids is 1. The Morgan fingerprint density at radius 1 is 1.10 bits per heavy atom. The number of nitrogens with one attached hydrogen (secondary N) is 1. The molecule has 0 saturated heterocycles. The van der Waals surface area contributed by atoms with Crippen LogP contribution in [0.15, 0.2) is 82.8 Å². The Kier molecular flexibility index (Phi) is 6.77. The number of ether oxygens (including phenoxy) is 1. The van der Waals surface area contributed by atoms with Crippen molar-refractivity contribution >= 4 is 33.6 Å². The number of nitriles is 1. The molecule has 3 aromatic rings. The highest BCUT2D eigenvalue weighted by Gasteiger charge is 2.12. The van der Waals surface area contributed by atoms with Crippen LogP contribution >= 0.6 is 15.9 Å². The van der Waals surface area contributed by atoms with Crippen molar-refractivity contribution in [1.29, 1.82) is 5.26 Å². The van der Waals surface area contributed by atoms with E-state index in [2.05, 4.69) is 21.2 Å². The highest BCUT2D eigenvalue weighted by Crippen LogP contribution is 2.21. The third kappa shape index (κ3) is 5.77. The summed E-state index contributed by atoms with van der Waals surface area (Å²) in [5.41, 5.74) is 1.58. The summed E-state index contributed by atoms with van der Waals surface area (Å²) in [6.07, 6.45) is 1.44. The lowest BCUT2D eigenvalue weighted by Gasteiger charge is -2.07. The lowest BCUT2D eigenvalue weighted by atomic mass is 10.1. The molecule has 0 fully saturated rings. The highest BCUT2D eigenvalue weighted by molar-refractivity contribution is 9.10. The molecular formula is C23H16BrFN2O2. The summed E-state index contributed by atoms with van der Waals surface area (Å²) in [5.74, 6) is -0.603. The molecule has 0 heterocycles. The number of rotatable bonds is 6. The Balaban J connectivity index is 1.66. The minimum absolute atomic E-state index is 0.00371. The first kappa shape index (κ1) is 20.3. The van der Waals surface area contributed by atoms with Crippen molar-refractivity contribution in [2.24, 2.45) is 0 Å². The Labute approximate surface area is 176 Å². The molecule has 29 heavy (non-hydrogen) atoms. The second-order valence-electron chi connectivity index (χ2n) is 6.09. The third-order valence-electron chi connectivity index (χ3n) is 3.98. The summed E-state index contributed by atoms with van der Waals surface area (Å²) < 4.78 is 20.2. The van der Waals surface area contributed by atoms with Crippen molar-refractivity contribution in [3.63, 3.8) is 0 Å². The standard InChI is InChI=1S/C23H16BrFN2O2/c24-19-8-11-22(21(25)13-19)27-23(28)18(14-26)12-16-6-9-20(10-7-16)29-15-17-4-2-1-3-5-17/h1-13H,15H2,(H,27,28). The smallest absolute Gasteiger partial charge is 0.266 e. The van der Waals surface area contributed by atoms with Gasteiger partial charge in [-0.2, -0.15) is 5.26 Å². The number of nitrogens with zero attached hydrogens (tertiary/aromatic N) is 1. The van der Waals surface area contributed by atoms with Gasteiger partial charge in [-0.15, -0.1) is 0 Å². The molecule has 1 N–H and O–H groups in total. The zero-order valence-corrected chi connectivity index (χ0v) is 16.8.